The smallest absolute Gasteiger partial charge is 0.322 e. The second-order valence-corrected chi connectivity index (χ2v) is 11.5. The minimum absolute atomic E-state index is 0.0339. The van der Waals surface area contributed by atoms with E-state index in [1.165, 1.54) is 4.88 Å². The molecule has 8 nitrogen and oxygen atoms in total. The second kappa shape index (κ2) is 14.2. The lowest BCUT2D eigenvalue weighted by atomic mass is 10.1. The third kappa shape index (κ3) is 8.22. The van der Waals surface area contributed by atoms with Gasteiger partial charge in [0.1, 0.15) is 6.54 Å². The fourth-order valence-corrected chi connectivity index (χ4v) is 5.70. The van der Waals surface area contributed by atoms with Crippen LogP contribution in [0.3, 0.4) is 0 Å². The molecule has 1 aliphatic heterocycles. The molecule has 0 aliphatic carbocycles. The van der Waals surface area contributed by atoms with Crippen LogP contribution in [0.5, 0.6) is 11.5 Å². The summed E-state index contributed by atoms with van der Waals surface area (Å²) in [7, 11) is 3.22. The zero-order valence-corrected chi connectivity index (χ0v) is 24.6. The molecule has 214 valence electrons. The summed E-state index contributed by atoms with van der Waals surface area (Å²) in [5.74, 6) is 1.21. The molecule has 3 aromatic rings. The van der Waals surface area contributed by atoms with Crippen LogP contribution >= 0.6 is 11.3 Å². The van der Waals surface area contributed by atoms with Crippen LogP contribution in [0, 0.1) is 13.8 Å². The summed E-state index contributed by atoms with van der Waals surface area (Å²) >= 11 is 1.68. The van der Waals surface area contributed by atoms with Crippen LogP contribution in [0.15, 0.2) is 54.6 Å². The van der Waals surface area contributed by atoms with Crippen molar-refractivity contribution >= 4 is 29.0 Å². The van der Waals surface area contributed by atoms with E-state index in [-0.39, 0.29) is 24.6 Å². The minimum atomic E-state index is -0.304. The lowest BCUT2D eigenvalue weighted by molar-refractivity contribution is -0.132. The largest absolute Gasteiger partial charge is 0.493 e. The lowest BCUT2D eigenvalue weighted by Crippen LogP contribution is -2.47. The molecule has 0 radical (unpaired) electrons. The van der Waals surface area contributed by atoms with Gasteiger partial charge in [0.05, 0.1) is 26.9 Å². The van der Waals surface area contributed by atoms with Gasteiger partial charge >= 0.3 is 6.03 Å². The molecule has 1 N–H and O–H groups in total. The summed E-state index contributed by atoms with van der Waals surface area (Å²) in [6.07, 6.45) is 2.40. The Morgan fingerprint density at radius 2 is 1.85 bits per heavy atom. The molecule has 0 spiro atoms. The number of rotatable bonds is 12. The molecular formula is C31H39N3O5S. The van der Waals surface area contributed by atoms with Gasteiger partial charge in [0.2, 0.25) is 5.91 Å². The predicted molar refractivity (Wildman–Crippen MR) is 158 cm³/mol. The highest BCUT2D eigenvalue weighted by molar-refractivity contribution is 7.11. The van der Waals surface area contributed by atoms with Gasteiger partial charge in [-0.05, 0) is 80.6 Å². The van der Waals surface area contributed by atoms with Crippen molar-refractivity contribution in [2.45, 2.75) is 45.8 Å². The van der Waals surface area contributed by atoms with Gasteiger partial charge in [-0.3, -0.25) is 4.79 Å². The average Bonchev–Trinajstić information content (AvgIpc) is 3.61. The Kier molecular flexibility index (Phi) is 10.4. The van der Waals surface area contributed by atoms with E-state index in [2.05, 4.69) is 24.4 Å². The molecule has 1 saturated heterocycles. The summed E-state index contributed by atoms with van der Waals surface area (Å²) in [5.41, 5.74) is 2.78. The van der Waals surface area contributed by atoms with Crippen molar-refractivity contribution < 1.29 is 23.8 Å². The van der Waals surface area contributed by atoms with Crippen LogP contribution in [-0.4, -0.2) is 68.3 Å². The van der Waals surface area contributed by atoms with E-state index in [1.54, 1.807) is 30.5 Å². The van der Waals surface area contributed by atoms with E-state index in [9.17, 15) is 9.59 Å². The first kappa shape index (κ1) is 29.4. The van der Waals surface area contributed by atoms with Crippen LogP contribution in [0.2, 0.25) is 0 Å². The van der Waals surface area contributed by atoms with Crippen LogP contribution < -0.4 is 14.8 Å². The maximum absolute atomic E-state index is 13.8. The van der Waals surface area contributed by atoms with Crippen molar-refractivity contribution in [3.63, 3.8) is 0 Å². The Balaban J connectivity index is 1.50. The van der Waals surface area contributed by atoms with Crippen molar-refractivity contribution in [1.82, 2.24) is 9.80 Å². The van der Waals surface area contributed by atoms with Gasteiger partial charge in [-0.25, -0.2) is 4.79 Å². The highest BCUT2D eigenvalue weighted by Crippen LogP contribution is 2.28. The number of aryl methyl sites for hydroxylation is 2. The Morgan fingerprint density at radius 1 is 1.02 bits per heavy atom. The fourth-order valence-electron chi connectivity index (χ4n) is 4.79. The molecule has 9 heteroatoms. The van der Waals surface area contributed by atoms with Crippen LogP contribution in [-0.2, 0) is 22.5 Å². The number of amides is 3. The standard InChI is InChI=1S/C31H39N3O5S/c1-22-7-5-8-25(17-22)32-31(36)34(19-26-9-6-16-39-26)21-30(35)33(20-27-12-10-23(2)40-27)15-14-24-11-13-28(37-3)29(18-24)38-4/h5,7-8,10-13,17-18,26H,6,9,14-16,19-21H2,1-4H3,(H,32,36). The summed E-state index contributed by atoms with van der Waals surface area (Å²) in [4.78, 5) is 32.9. The first-order valence-electron chi connectivity index (χ1n) is 13.6. The van der Waals surface area contributed by atoms with Gasteiger partial charge in [0, 0.05) is 35.1 Å². The molecule has 4 rings (SSSR count). The molecule has 0 saturated carbocycles. The number of carbonyl (C=O) groups is 2. The maximum atomic E-state index is 13.8. The quantitative estimate of drug-likeness (QED) is 0.306. The van der Waals surface area contributed by atoms with Gasteiger partial charge in [-0.15, -0.1) is 11.3 Å². The third-order valence-electron chi connectivity index (χ3n) is 6.94. The van der Waals surface area contributed by atoms with E-state index < -0.39 is 0 Å². The number of hydrogen-bond acceptors (Lipinski definition) is 6. The molecule has 2 heterocycles. The Hall–Kier alpha value is -3.56. The van der Waals surface area contributed by atoms with E-state index in [4.69, 9.17) is 14.2 Å². The average molecular weight is 566 g/mol. The summed E-state index contributed by atoms with van der Waals surface area (Å²) < 4.78 is 16.6. The van der Waals surface area contributed by atoms with E-state index >= 15 is 0 Å². The first-order chi connectivity index (χ1) is 19.3. The molecule has 1 atom stereocenters. The minimum Gasteiger partial charge on any atom is -0.493 e. The number of anilines is 1. The van der Waals surface area contributed by atoms with Crippen molar-refractivity contribution in [3.05, 3.63) is 75.5 Å². The molecule has 2 aromatic carbocycles. The number of ether oxygens (including phenoxy) is 3. The third-order valence-corrected chi connectivity index (χ3v) is 7.93. The lowest BCUT2D eigenvalue weighted by Gasteiger charge is -2.29. The normalized spacial score (nSPS) is 14.6. The van der Waals surface area contributed by atoms with E-state index in [0.29, 0.717) is 49.8 Å². The highest BCUT2D eigenvalue weighted by Gasteiger charge is 2.27. The van der Waals surface area contributed by atoms with E-state index in [1.807, 2.05) is 54.3 Å². The van der Waals surface area contributed by atoms with Crippen molar-refractivity contribution in [2.75, 3.05) is 45.8 Å². The number of methoxy groups -OCH3 is 2. The zero-order chi connectivity index (χ0) is 28.5. The highest BCUT2D eigenvalue weighted by atomic mass is 32.1. The summed E-state index contributed by atoms with van der Waals surface area (Å²) in [6.45, 7) is 6.03. The molecule has 1 fully saturated rings. The monoisotopic (exact) mass is 565 g/mol. The molecule has 0 bridgehead atoms. The Labute approximate surface area is 240 Å². The zero-order valence-electron chi connectivity index (χ0n) is 23.8. The van der Waals surface area contributed by atoms with Crippen molar-refractivity contribution in [3.8, 4) is 11.5 Å². The number of hydrogen-bond donors (Lipinski definition) is 1. The van der Waals surface area contributed by atoms with Crippen LogP contribution in [0.1, 0.15) is 33.7 Å². The summed E-state index contributed by atoms with van der Waals surface area (Å²) in [6, 6.07) is 17.3. The molecule has 1 aliphatic rings. The van der Waals surface area contributed by atoms with Gasteiger partial charge < -0.3 is 29.3 Å². The predicted octanol–water partition coefficient (Wildman–Crippen LogP) is 5.67. The number of benzene rings is 2. The molecule has 3 amide bonds. The van der Waals surface area contributed by atoms with Gasteiger partial charge in [-0.1, -0.05) is 18.2 Å². The van der Waals surface area contributed by atoms with Crippen LogP contribution in [0.4, 0.5) is 10.5 Å². The van der Waals surface area contributed by atoms with Gasteiger partial charge in [0.25, 0.3) is 0 Å². The molecule has 1 unspecified atom stereocenters. The van der Waals surface area contributed by atoms with Gasteiger partial charge in [-0.2, -0.15) is 0 Å². The Bertz CT molecular complexity index is 1290. The topological polar surface area (TPSA) is 80.3 Å². The van der Waals surface area contributed by atoms with Gasteiger partial charge in [0.15, 0.2) is 11.5 Å². The van der Waals surface area contributed by atoms with E-state index in [0.717, 1.165) is 28.8 Å². The van der Waals surface area contributed by atoms with Crippen molar-refractivity contribution in [2.24, 2.45) is 0 Å². The number of nitrogens with one attached hydrogen (secondary N) is 1. The van der Waals surface area contributed by atoms with Crippen molar-refractivity contribution in [1.29, 1.82) is 0 Å². The number of nitrogens with zero attached hydrogens (tertiary/aromatic N) is 2. The molecular weight excluding hydrogens is 526 g/mol. The SMILES string of the molecule is COc1ccc(CCN(Cc2ccc(C)s2)C(=O)CN(CC2CCCO2)C(=O)Nc2cccc(C)c2)cc1OC. The Morgan fingerprint density at radius 3 is 2.52 bits per heavy atom. The summed E-state index contributed by atoms with van der Waals surface area (Å²) in [5, 5.41) is 2.97. The number of carbonyl (C=O) groups excluding carboxylic acids is 2. The molecule has 1 aromatic heterocycles. The van der Waals surface area contributed by atoms with Crippen LogP contribution in [0.25, 0.3) is 0 Å². The fraction of sp³-hybridized carbons (Fsp3) is 0.419. The number of thiophene rings is 1. The first-order valence-corrected chi connectivity index (χ1v) is 14.4. The number of urea groups is 1. The second-order valence-electron chi connectivity index (χ2n) is 10.1. The molecule has 40 heavy (non-hydrogen) atoms. The maximum Gasteiger partial charge on any atom is 0.322 e.